The van der Waals surface area contributed by atoms with Crippen molar-refractivity contribution in [2.45, 2.75) is 13.5 Å². The summed E-state index contributed by atoms with van der Waals surface area (Å²) in [6.07, 6.45) is 1.74. The zero-order valence-corrected chi connectivity index (χ0v) is 14.9. The minimum absolute atomic E-state index is 0.377. The molecule has 0 aliphatic carbocycles. The molecule has 0 unspecified atom stereocenters. The van der Waals surface area contributed by atoms with Gasteiger partial charge in [0.05, 0.1) is 11.1 Å². The Bertz CT molecular complexity index is 1170. The van der Waals surface area contributed by atoms with Crippen molar-refractivity contribution in [2.24, 2.45) is 7.05 Å². The van der Waals surface area contributed by atoms with Gasteiger partial charge in [-0.25, -0.2) is 4.68 Å². The number of aromatic nitrogens is 4. The Balaban J connectivity index is 1.51. The summed E-state index contributed by atoms with van der Waals surface area (Å²) in [6, 6.07) is 12.7. The zero-order valence-electron chi connectivity index (χ0n) is 14.9. The van der Waals surface area contributed by atoms with Crippen molar-refractivity contribution in [3.05, 3.63) is 59.8 Å². The van der Waals surface area contributed by atoms with Crippen molar-refractivity contribution < 1.29 is 9.59 Å². The number of hydrazine groups is 1. The molecule has 8 heteroatoms. The molecule has 0 spiro atoms. The van der Waals surface area contributed by atoms with Crippen LogP contribution in [0.5, 0.6) is 0 Å². The fourth-order valence-corrected chi connectivity index (χ4v) is 3.12. The molecule has 0 saturated carbocycles. The first kappa shape index (κ1) is 16.8. The number of hydrogen-bond acceptors (Lipinski definition) is 4. The van der Waals surface area contributed by atoms with Gasteiger partial charge in [0.2, 0.25) is 0 Å². The monoisotopic (exact) mass is 362 g/mol. The fourth-order valence-electron chi connectivity index (χ4n) is 3.12. The molecule has 2 amide bonds. The van der Waals surface area contributed by atoms with E-state index in [2.05, 4.69) is 21.2 Å². The Morgan fingerprint density at radius 1 is 1.04 bits per heavy atom. The van der Waals surface area contributed by atoms with E-state index in [1.807, 2.05) is 42.8 Å². The molecule has 0 fully saturated rings. The van der Waals surface area contributed by atoms with Gasteiger partial charge in [0.15, 0.2) is 0 Å². The Morgan fingerprint density at radius 3 is 2.63 bits per heavy atom. The third kappa shape index (κ3) is 2.91. The van der Waals surface area contributed by atoms with Gasteiger partial charge in [-0.3, -0.25) is 20.4 Å². The number of carbonyl (C=O) groups is 2. The summed E-state index contributed by atoms with van der Waals surface area (Å²) in [7, 11) is 1.87. The van der Waals surface area contributed by atoms with E-state index in [9.17, 15) is 9.59 Å². The quantitative estimate of drug-likeness (QED) is 0.545. The smallest absolute Gasteiger partial charge is 0.271 e. The Hall–Kier alpha value is -3.68. The Kier molecular flexibility index (Phi) is 4.08. The molecular weight excluding hydrogens is 344 g/mol. The number of carbonyl (C=O) groups excluding carboxylic acids is 2. The zero-order chi connectivity index (χ0) is 19.0. The third-order valence-electron chi connectivity index (χ3n) is 4.51. The number of para-hydroxylation sites is 1. The van der Waals surface area contributed by atoms with E-state index < -0.39 is 5.91 Å². The molecule has 0 saturated heterocycles. The summed E-state index contributed by atoms with van der Waals surface area (Å²) in [4.78, 5) is 24.9. The molecule has 4 aromatic rings. The molecular formula is C19H18N6O2. The van der Waals surface area contributed by atoms with E-state index in [1.54, 1.807) is 29.1 Å². The molecule has 0 aliphatic rings. The van der Waals surface area contributed by atoms with Gasteiger partial charge >= 0.3 is 0 Å². The first-order valence-electron chi connectivity index (χ1n) is 8.56. The summed E-state index contributed by atoms with van der Waals surface area (Å²) in [5, 5.41) is 8.90. The largest absolute Gasteiger partial charge is 0.350 e. The molecule has 2 aromatic heterocycles. The van der Waals surface area contributed by atoms with Crippen LogP contribution in [0.4, 0.5) is 0 Å². The van der Waals surface area contributed by atoms with Crippen molar-refractivity contribution in [2.75, 3.05) is 0 Å². The van der Waals surface area contributed by atoms with Crippen LogP contribution >= 0.6 is 0 Å². The minimum Gasteiger partial charge on any atom is -0.350 e. The van der Waals surface area contributed by atoms with Gasteiger partial charge < -0.3 is 4.57 Å². The average Bonchev–Trinajstić information content (AvgIpc) is 3.26. The summed E-state index contributed by atoms with van der Waals surface area (Å²) >= 11 is 0. The van der Waals surface area contributed by atoms with E-state index >= 15 is 0 Å². The summed E-state index contributed by atoms with van der Waals surface area (Å²) in [5.74, 6) is -0.797. The number of fused-ring (bicyclic) bond motifs is 2. The topological polar surface area (TPSA) is 93.8 Å². The molecule has 0 atom stereocenters. The maximum Gasteiger partial charge on any atom is 0.271 e. The average molecular weight is 362 g/mol. The van der Waals surface area contributed by atoms with E-state index in [0.29, 0.717) is 23.2 Å². The van der Waals surface area contributed by atoms with Crippen LogP contribution in [-0.2, 0) is 13.6 Å². The Labute approximate surface area is 154 Å². The molecule has 0 aliphatic heterocycles. The van der Waals surface area contributed by atoms with Crippen LogP contribution in [0.2, 0.25) is 0 Å². The maximum absolute atomic E-state index is 12.5. The van der Waals surface area contributed by atoms with Crippen LogP contribution in [0, 0.1) is 0 Å². The summed E-state index contributed by atoms with van der Waals surface area (Å²) in [6.45, 7) is 2.67. The highest BCUT2D eigenvalue weighted by molar-refractivity contribution is 6.08. The second-order valence-electron chi connectivity index (χ2n) is 6.19. The number of aryl methyl sites for hydroxylation is 2. The van der Waals surface area contributed by atoms with Crippen LogP contribution < -0.4 is 10.9 Å². The second-order valence-corrected chi connectivity index (χ2v) is 6.19. The lowest BCUT2D eigenvalue weighted by Gasteiger charge is -2.07. The number of nitrogens with zero attached hydrogens (tertiary/aromatic N) is 4. The minimum atomic E-state index is -0.420. The lowest BCUT2D eigenvalue weighted by atomic mass is 10.1. The highest BCUT2D eigenvalue weighted by Gasteiger charge is 2.15. The van der Waals surface area contributed by atoms with Crippen molar-refractivity contribution >= 4 is 33.8 Å². The number of amides is 2. The molecule has 2 heterocycles. The van der Waals surface area contributed by atoms with Gasteiger partial charge in [-0.1, -0.05) is 23.4 Å². The van der Waals surface area contributed by atoms with Gasteiger partial charge in [-0.15, -0.1) is 5.10 Å². The lowest BCUT2D eigenvalue weighted by Crippen LogP contribution is -2.41. The molecule has 27 heavy (non-hydrogen) atoms. The molecule has 2 N–H and O–H groups in total. The molecule has 8 nitrogen and oxygen atoms in total. The van der Waals surface area contributed by atoms with Crippen molar-refractivity contribution in [1.82, 2.24) is 30.4 Å². The van der Waals surface area contributed by atoms with Crippen LogP contribution in [0.25, 0.3) is 21.9 Å². The van der Waals surface area contributed by atoms with Gasteiger partial charge in [0, 0.05) is 36.3 Å². The highest BCUT2D eigenvalue weighted by Crippen LogP contribution is 2.20. The first-order chi connectivity index (χ1) is 13.1. The predicted octanol–water partition coefficient (Wildman–Crippen LogP) is 2.02. The van der Waals surface area contributed by atoms with Gasteiger partial charge in [-0.2, -0.15) is 0 Å². The van der Waals surface area contributed by atoms with Crippen LogP contribution in [-0.4, -0.2) is 31.4 Å². The van der Waals surface area contributed by atoms with E-state index in [4.69, 9.17) is 0 Å². The maximum atomic E-state index is 12.5. The van der Waals surface area contributed by atoms with E-state index in [1.165, 1.54) is 0 Å². The standard InChI is InChI=1S/C19H18N6O2/c1-3-25-17-9-8-12(10-15(17)20-23-25)18(26)21-22-19(27)14-11-24(2)16-7-5-4-6-13(14)16/h4-11H,3H2,1-2H3,(H,21,26)(H,22,27). The molecule has 2 aromatic carbocycles. The van der Waals surface area contributed by atoms with Crippen molar-refractivity contribution in [3.8, 4) is 0 Å². The number of hydrogen-bond donors (Lipinski definition) is 2. The van der Waals surface area contributed by atoms with Crippen LogP contribution in [0.1, 0.15) is 27.6 Å². The van der Waals surface area contributed by atoms with Gasteiger partial charge in [0.25, 0.3) is 11.8 Å². The molecule has 0 bridgehead atoms. The van der Waals surface area contributed by atoms with Crippen LogP contribution in [0.3, 0.4) is 0 Å². The first-order valence-corrected chi connectivity index (χ1v) is 8.56. The van der Waals surface area contributed by atoms with E-state index in [0.717, 1.165) is 16.4 Å². The third-order valence-corrected chi connectivity index (χ3v) is 4.51. The molecule has 4 rings (SSSR count). The lowest BCUT2D eigenvalue weighted by molar-refractivity contribution is 0.0847. The predicted molar refractivity (Wildman–Crippen MR) is 101 cm³/mol. The number of rotatable bonds is 3. The van der Waals surface area contributed by atoms with Crippen molar-refractivity contribution in [3.63, 3.8) is 0 Å². The van der Waals surface area contributed by atoms with E-state index in [-0.39, 0.29) is 5.91 Å². The van der Waals surface area contributed by atoms with Gasteiger partial charge in [0.1, 0.15) is 5.52 Å². The Morgan fingerprint density at radius 2 is 1.81 bits per heavy atom. The van der Waals surface area contributed by atoms with Crippen LogP contribution in [0.15, 0.2) is 48.7 Å². The second kappa shape index (κ2) is 6.56. The SMILES string of the molecule is CCn1nnc2cc(C(=O)NNC(=O)c3cn(C)c4ccccc34)ccc21. The van der Waals surface area contributed by atoms with Crippen molar-refractivity contribution in [1.29, 1.82) is 0 Å². The molecule has 136 valence electrons. The highest BCUT2D eigenvalue weighted by atomic mass is 16.2. The molecule has 0 radical (unpaired) electrons. The summed E-state index contributed by atoms with van der Waals surface area (Å²) < 4.78 is 3.62. The summed E-state index contributed by atoms with van der Waals surface area (Å²) in [5.41, 5.74) is 8.24. The normalized spacial score (nSPS) is 11.0. The fraction of sp³-hybridized carbons (Fsp3) is 0.158. The number of benzene rings is 2. The number of nitrogens with one attached hydrogen (secondary N) is 2. The van der Waals surface area contributed by atoms with Gasteiger partial charge in [-0.05, 0) is 31.2 Å².